The zero-order chi connectivity index (χ0) is 20.9. The Hall–Kier alpha value is -3.02. The number of hydrogen-bond acceptors (Lipinski definition) is 4. The molecule has 2 aromatic carbocycles. The molecular formula is C23H28N2O4. The summed E-state index contributed by atoms with van der Waals surface area (Å²) in [5, 5.41) is 5.38. The van der Waals surface area contributed by atoms with Gasteiger partial charge in [-0.15, -0.1) is 0 Å². The second-order valence-electron chi connectivity index (χ2n) is 8.03. The van der Waals surface area contributed by atoms with Crippen molar-refractivity contribution in [2.45, 2.75) is 38.7 Å². The minimum absolute atomic E-state index is 0.0435. The molecule has 2 amide bonds. The fourth-order valence-electron chi connectivity index (χ4n) is 3.43. The van der Waals surface area contributed by atoms with Crippen molar-refractivity contribution in [3.63, 3.8) is 0 Å². The number of rotatable bonds is 6. The molecule has 0 heterocycles. The van der Waals surface area contributed by atoms with Gasteiger partial charge in [-0.3, -0.25) is 0 Å². The van der Waals surface area contributed by atoms with Crippen LogP contribution in [0.15, 0.2) is 48.5 Å². The average Bonchev–Trinajstić information content (AvgIpc) is 2.99. The molecule has 0 saturated carbocycles. The minimum Gasteiger partial charge on any atom is -0.449 e. The number of carbonyl (C=O) groups excluding carboxylic acids is 2. The molecule has 2 aromatic rings. The van der Waals surface area contributed by atoms with Crippen LogP contribution in [-0.4, -0.2) is 37.5 Å². The highest BCUT2D eigenvalue weighted by atomic mass is 16.6. The molecular weight excluding hydrogens is 368 g/mol. The zero-order valence-electron chi connectivity index (χ0n) is 17.2. The Morgan fingerprint density at radius 1 is 0.862 bits per heavy atom. The fraction of sp³-hybridized carbons (Fsp3) is 0.391. The maximum absolute atomic E-state index is 12.1. The normalized spacial score (nSPS) is 12.7. The zero-order valence-corrected chi connectivity index (χ0v) is 17.2. The largest absolute Gasteiger partial charge is 0.449 e. The van der Waals surface area contributed by atoms with Crippen molar-refractivity contribution in [2.24, 2.45) is 0 Å². The van der Waals surface area contributed by atoms with Crippen LogP contribution in [0.4, 0.5) is 9.59 Å². The van der Waals surface area contributed by atoms with E-state index < -0.39 is 17.8 Å². The van der Waals surface area contributed by atoms with Gasteiger partial charge in [-0.2, -0.15) is 0 Å². The third-order valence-corrected chi connectivity index (χ3v) is 4.63. The number of amides is 2. The maximum Gasteiger partial charge on any atom is 0.407 e. The minimum atomic E-state index is -0.524. The summed E-state index contributed by atoms with van der Waals surface area (Å²) < 4.78 is 10.6. The van der Waals surface area contributed by atoms with Crippen molar-refractivity contribution < 1.29 is 19.1 Å². The van der Waals surface area contributed by atoms with E-state index in [-0.39, 0.29) is 12.5 Å². The Bertz CT molecular complexity index is 828. The maximum atomic E-state index is 12.1. The van der Waals surface area contributed by atoms with Crippen molar-refractivity contribution in [3.8, 4) is 11.1 Å². The molecule has 0 fully saturated rings. The summed E-state index contributed by atoms with van der Waals surface area (Å²) in [7, 11) is 0. The highest BCUT2D eigenvalue weighted by molar-refractivity contribution is 5.79. The number of nitrogens with one attached hydrogen (secondary N) is 2. The van der Waals surface area contributed by atoms with Gasteiger partial charge < -0.3 is 20.1 Å². The summed E-state index contributed by atoms with van der Waals surface area (Å²) in [5.41, 5.74) is 4.24. The van der Waals surface area contributed by atoms with E-state index in [0.717, 1.165) is 0 Å². The lowest BCUT2D eigenvalue weighted by Crippen LogP contribution is -2.34. The van der Waals surface area contributed by atoms with E-state index >= 15 is 0 Å². The van der Waals surface area contributed by atoms with Gasteiger partial charge in [-0.25, -0.2) is 9.59 Å². The molecule has 154 valence electrons. The summed E-state index contributed by atoms with van der Waals surface area (Å²) in [5.74, 6) is 0.0435. The van der Waals surface area contributed by atoms with Gasteiger partial charge in [0, 0.05) is 19.0 Å². The van der Waals surface area contributed by atoms with E-state index in [9.17, 15) is 9.59 Å². The Morgan fingerprint density at radius 3 is 1.93 bits per heavy atom. The molecule has 3 rings (SSSR count). The molecule has 0 unspecified atom stereocenters. The van der Waals surface area contributed by atoms with E-state index in [1.165, 1.54) is 22.3 Å². The number of fused-ring (bicyclic) bond motifs is 3. The molecule has 0 aromatic heterocycles. The molecule has 6 nitrogen and oxygen atoms in total. The Kier molecular flexibility index (Phi) is 6.42. The SMILES string of the molecule is CC(C)(C)OC(=O)NCCCNC(=O)OCC1c2ccccc2-c2ccccc21. The number of benzene rings is 2. The number of carbonyl (C=O) groups is 2. The molecule has 2 N–H and O–H groups in total. The summed E-state index contributed by atoms with van der Waals surface area (Å²) in [6, 6.07) is 16.4. The average molecular weight is 396 g/mol. The van der Waals surface area contributed by atoms with Gasteiger partial charge in [-0.1, -0.05) is 48.5 Å². The highest BCUT2D eigenvalue weighted by Gasteiger charge is 2.28. The highest BCUT2D eigenvalue weighted by Crippen LogP contribution is 2.44. The first-order valence-electron chi connectivity index (χ1n) is 9.91. The number of hydrogen-bond donors (Lipinski definition) is 2. The first kappa shape index (κ1) is 20.7. The van der Waals surface area contributed by atoms with Crippen molar-refractivity contribution >= 4 is 12.2 Å². The molecule has 0 spiro atoms. The molecule has 0 atom stereocenters. The van der Waals surface area contributed by atoms with Crippen molar-refractivity contribution in [1.82, 2.24) is 10.6 Å². The van der Waals surface area contributed by atoms with Gasteiger partial charge >= 0.3 is 12.2 Å². The van der Waals surface area contributed by atoms with Crippen LogP contribution in [0.5, 0.6) is 0 Å². The van der Waals surface area contributed by atoms with Gasteiger partial charge in [0.2, 0.25) is 0 Å². The monoisotopic (exact) mass is 396 g/mol. The molecule has 1 aliphatic rings. The molecule has 0 radical (unpaired) electrons. The van der Waals surface area contributed by atoms with E-state index in [1.54, 1.807) is 0 Å². The van der Waals surface area contributed by atoms with Crippen LogP contribution >= 0.6 is 0 Å². The first-order valence-corrected chi connectivity index (χ1v) is 9.91. The van der Waals surface area contributed by atoms with Crippen LogP contribution in [0.1, 0.15) is 44.2 Å². The first-order chi connectivity index (χ1) is 13.8. The molecule has 0 aliphatic heterocycles. The van der Waals surface area contributed by atoms with Crippen LogP contribution in [0.25, 0.3) is 11.1 Å². The van der Waals surface area contributed by atoms with Crippen LogP contribution in [0, 0.1) is 0 Å². The fourth-order valence-corrected chi connectivity index (χ4v) is 3.43. The molecule has 0 saturated heterocycles. The second kappa shape index (κ2) is 8.99. The van der Waals surface area contributed by atoms with Crippen molar-refractivity contribution in [2.75, 3.05) is 19.7 Å². The summed E-state index contributed by atoms with van der Waals surface area (Å²) in [6.07, 6.45) is -0.327. The molecule has 1 aliphatic carbocycles. The third kappa shape index (κ3) is 5.50. The summed E-state index contributed by atoms with van der Waals surface area (Å²) in [4.78, 5) is 23.6. The molecule has 0 bridgehead atoms. The Balaban J connectivity index is 1.42. The summed E-state index contributed by atoms with van der Waals surface area (Å²) >= 11 is 0. The van der Waals surface area contributed by atoms with E-state index in [2.05, 4.69) is 34.9 Å². The van der Waals surface area contributed by atoms with Crippen molar-refractivity contribution in [1.29, 1.82) is 0 Å². The number of alkyl carbamates (subject to hydrolysis) is 2. The third-order valence-electron chi connectivity index (χ3n) is 4.63. The lowest BCUT2D eigenvalue weighted by Gasteiger charge is -2.19. The Morgan fingerprint density at radius 2 is 1.38 bits per heavy atom. The van der Waals surface area contributed by atoms with Gasteiger partial charge in [-0.05, 0) is 49.4 Å². The number of ether oxygens (including phenoxy) is 2. The topological polar surface area (TPSA) is 76.7 Å². The lowest BCUT2D eigenvalue weighted by atomic mass is 9.98. The van der Waals surface area contributed by atoms with E-state index in [0.29, 0.717) is 19.5 Å². The molecule has 6 heteroatoms. The van der Waals surface area contributed by atoms with Gasteiger partial charge in [0.05, 0.1) is 0 Å². The van der Waals surface area contributed by atoms with Crippen LogP contribution in [0.2, 0.25) is 0 Å². The quantitative estimate of drug-likeness (QED) is 0.708. The van der Waals surface area contributed by atoms with Gasteiger partial charge in [0.15, 0.2) is 0 Å². The smallest absolute Gasteiger partial charge is 0.407 e. The van der Waals surface area contributed by atoms with Crippen LogP contribution < -0.4 is 10.6 Å². The predicted octanol–water partition coefficient (Wildman–Crippen LogP) is 4.44. The molecule has 29 heavy (non-hydrogen) atoms. The lowest BCUT2D eigenvalue weighted by molar-refractivity contribution is 0.0527. The van der Waals surface area contributed by atoms with Gasteiger partial charge in [0.1, 0.15) is 12.2 Å². The van der Waals surface area contributed by atoms with Crippen LogP contribution in [-0.2, 0) is 9.47 Å². The second-order valence-corrected chi connectivity index (χ2v) is 8.03. The summed E-state index contributed by atoms with van der Waals surface area (Å²) in [6.45, 7) is 6.54. The Labute approximate surface area is 171 Å². The standard InChI is InChI=1S/C23H28N2O4/c1-23(2,3)29-22(27)25-14-8-13-24-21(26)28-15-20-18-11-6-4-9-16(18)17-10-5-7-12-19(17)20/h4-7,9-12,20H,8,13-15H2,1-3H3,(H,24,26)(H,25,27). The van der Waals surface area contributed by atoms with E-state index in [1.807, 2.05) is 45.0 Å². The van der Waals surface area contributed by atoms with Gasteiger partial charge in [0.25, 0.3) is 0 Å². The van der Waals surface area contributed by atoms with Crippen molar-refractivity contribution in [3.05, 3.63) is 59.7 Å². The van der Waals surface area contributed by atoms with Crippen LogP contribution in [0.3, 0.4) is 0 Å². The van der Waals surface area contributed by atoms with E-state index in [4.69, 9.17) is 9.47 Å². The predicted molar refractivity (Wildman–Crippen MR) is 112 cm³/mol.